The first kappa shape index (κ1) is 11.5. The molecule has 0 N–H and O–H groups in total. The monoisotopic (exact) mass is 261 g/mol. The molecule has 0 spiro atoms. The summed E-state index contributed by atoms with van der Waals surface area (Å²) in [6, 6.07) is 5.84. The molecule has 1 aliphatic rings. The normalized spacial score (nSPS) is 14.6. The zero-order valence-electron chi connectivity index (χ0n) is 10.5. The van der Waals surface area contributed by atoms with E-state index in [1.165, 1.54) is 17.8 Å². The van der Waals surface area contributed by atoms with Gasteiger partial charge < -0.3 is 9.47 Å². The lowest BCUT2D eigenvalue weighted by atomic mass is 10.1. The predicted molar refractivity (Wildman–Crippen MR) is 72.6 cm³/mol. The highest BCUT2D eigenvalue weighted by atomic mass is 32.1. The standard InChI is InChI=1S/C14H15NO2S/c1-16-10-5-6-11(13(7-10)17-2)12-8-18-14(15-12)9-3-4-9/h5-9H,3-4H2,1-2H3. The molecule has 0 bridgehead atoms. The molecule has 1 aliphatic carbocycles. The second-order valence-corrected chi connectivity index (χ2v) is 5.30. The molecule has 1 fully saturated rings. The van der Waals surface area contributed by atoms with E-state index in [1.54, 1.807) is 25.6 Å². The number of aromatic nitrogens is 1. The molecular weight excluding hydrogens is 246 g/mol. The average Bonchev–Trinajstić information content (AvgIpc) is 3.16. The Kier molecular flexibility index (Phi) is 2.96. The third-order valence-corrected chi connectivity index (χ3v) is 4.14. The van der Waals surface area contributed by atoms with Gasteiger partial charge in [-0.3, -0.25) is 0 Å². The molecular formula is C14H15NO2S. The molecule has 0 radical (unpaired) electrons. The SMILES string of the molecule is COc1ccc(-c2csc(C3CC3)n2)c(OC)c1. The number of ether oxygens (including phenoxy) is 2. The Morgan fingerprint density at radius 1 is 1.22 bits per heavy atom. The van der Waals surface area contributed by atoms with Crippen molar-refractivity contribution in [3.63, 3.8) is 0 Å². The highest BCUT2D eigenvalue weighted by Crippen LogP contribution is 2.43. The van der Waals surface area contributed by atoms with Crippen molar-refractivity contribution in [1.29, 1.82) is 0 Å². The van der Waals surface area contributed by atoms with Gasteiger partial charge in [-0.15, -0.1) is 11.3 Å². The summed E-state index contributed by atoms with van der Waals surface area (Å²) in [5, 5.41) is 3.36. The van der Waals surface area contributed by atoms with Crippen LogP contribution in [0.1, 0.15) is 23.8 Å². The second kappa shape index (κ2) is 4.61. The van der Waals surface area contributed by atoms with Gasteiger partial charge in [-0.05, 0) is 25.0 Å². The molecule has 1 aromatic heterocycles. The third-order valence-electron chi connectivity index (χ3n) is 3.13. The lowest BCUT2D eigenvalue weighted by molar-refractivity contribution is 0.395. The van der Waals surface area contributed by atoms with Crippen molar-refractivity contribution >= 4 is 11.3 Å². The molecule has 4 heteroatoms. The topological polar surface area (TPSA) is 31.4 Å². The average molecular weight is 261 g/mol. The summed E-state index contributed by atoms with van der Waals surface area (Å²) < 4.78 is 10.6. The fourth-order valence-electron chi connectivity index (χ4n) is 1.94. The number of rotatable bonds is 4. The van der Waals surface area contributed by atoms with E-state index in [1.807, 2.05) is 18.2 Å². The molecule has 1 aromatic carbocycles. The first-order chi connectivity index (χ1) is 8.81. The predicted octanol–water partition coefficient (Wildman–Crippen LogP) is 3.70. The maximum Gasteiger partial charge on any atom is 0.131 e. The third kappa shape index (κ3) is 2.08. The van der Waals surface area contributed by atoms with Crippen molar-refractivity contribution in [3.8, 4) is 22.8 Å². The van der Waals surface area contributed by atoms with Crippen LogP contribution in [0.4, 0.5) is 0 Å². The van der Waals surface area contributed by atoms with Crippen molar-refractivity contribution in [1.82, 2.24) is 4.98 Å². The van der Waals surface area contributed by atoms with E-state index in [-0.39, 0.29) is 0 Å². The summed E-state index contributed by atoms with van der Waals surface area (Å²) in [7, 11) is 3.33. The molecule has 0 saturated heterocycles. The smallest absolute Gasteiger partial charge is 0.131 e. The largest absolute Gasteiger partial charge is 0.497 e. The molecule has 0 unspecified atom stereocenters. The fourth-order valence-corrected chi connectivity index (χ4v) is 2.93. The summed E-state index contributed by atoms with van der Waals surface area (Å²) in [5.41, 5.74) is 2.03. The maximum absolute atomic E-state index is 5.41. The summed E-state index contributed by atoms with van der Waals surface area (Å²) in [6.45, 7) is 0. The van der Waals surface area contributed by atoms with Gasteiger partial charge in [0, 0.05) is 22.9 Å². The number of benzene rings is 1. The summed E-state index contributed by atoms with van der Waals surface area (Å²) in [6.07, 6.45) is 2.57. The lowest BCUT2D eigenvalue weighted by Crippen LogP contribution is -1.90. The van der Waals surface area contributed by atoms with Gasteiger partial charge in [-0.1, -0.05) is 0 Å². The van der Waals surface area contributed by atoms with Crippen LogP contribution in [-0.2, 0) is 0 Å². The van der Waals surface area contributed by atoms with Crippen molar-refractivity contribution in [2.75, 3.05) is 14.2 Å². The highest BCUT2D eigenvalue weighted by molar-refractivity contribution is 7.10. The summed E-state index contributed by atoms with van der Waals surface area (Å²) in [4.78, 5) is 4.70. The van der Waals surface area contributed by atoms with Crippen LogP contribution in [0.2, 0.25) is 0 Å². The van der Waals surface area contributed by atoms with Crippen LogP contribution in [0, 0.1) is 0 Å². The van der Waals surface area contributed by atoms with Crippen molar-refractivity contribution in [3.05, 3.63) is 28.6 Å². The quantitative estimate of drug-likeness (QED) is 0.840. The van der Waals surface area contributed by atoms with Gasteiger partial charge >= 0.3 is 0 Å². The van der Waals surface area contributed by atoms with Crippen LogP contribution in [0.5, 0.6) is 11.5 Å². The fraction of sp³-hybridized carbons (Fsp3) is 0.357. The van der Waals surface area contributed by atoms with E-state index < -0.39 is 0 Å². The van der Waals surface area contributed by atoms with Crippen molar-refractivity contribution < 1.29 is 9.47 Å². The van der Waals surface area contributed by atoms with Crippen LogP contribution < -0.4 is 9.47 Å². The van der Waals surface area contributed by atoms with Crippen molar-refractivity contribution in [2.24, 2.45) is 0 Å². The minimum Gasteiger partial charge on any atom is -0.497 e. The number of methoxy groups -OCH3 is 2. The van der Waals surface area contributed by atoms with E-state index >= 15 is 0 Å². The molecule has 0 atom stereocenters. The Morgan fingerprint density at radius 2 is 2.06 bits per heavy atom. The van der Waals surface area contributed by atoms with E-state index in [0.717, 1.165) is 22.8 Å². The number of hydrogen-bond donors (Lipinski definition) is 0. The lowest BCUT2D eigenvalue weighted by Gasteiger charge is -2.08. The van der Waals surface area contributed by atoms with Gasteiger partial charge in [-0.2, -0.15) is 0 Å². The highest BCUT2D eigenvalue weighted by Gasteiger charge is 2.27. The molecule has 0 amide bonds. The molecule has 0 aliphatic heterocycles. The van der Waals surface area contributed by atoms with Gasteiger partial charge in [0.25, 0.3) is 0 Å². The minimum absolute atomic E-state index is 0.702. The van der Waals surface area contributed by atoms with Gasteiger partial charge in [0.1, 0.15) is 11.5 Å². The van der Waals surface area contributed by atoms with E-state index in [0.29, 0.717) is 5.92 Å². The Bertz CT molecular complexity index is 561. The van der Waals surface area contributed by atoms with Crippen LogP contribution in [-0.4, -0.2) is 19.2 Å². The molecule has 1 saturated carbocycles. The van der Waals surface area contributed by atoms with E-state index in [9.17, 15) is 0 Å². The Balaban J connectivity index is 1.98. The first-order valence-corrected chi connectivity index (χ1v) is 6.87. The molecule has 1 heterocycles. The van der Waals surface area contributed by atoms with Crippen LogP contribution in [0.25, 0.3) is 11.3 Å². The Hall–Kier alpha value is -1.55. The summed E-state index contributed by atoms with van der Waals surface area (Å²) >= 11 is 1.75. The van der Waals surface area contributed by atoms with Gasteiger partial charge in [-0.25, -0.2) is 4.98 Å². The second-order valence-electron chi connectivity index (χ2n) is 4.41. The van der Waals surface area contributed by atoms with E-state index in [2.05, 4.69) is 5.38 Å². The minimum atomic E-state index is 0.702. The van der Waals surface area contributed by atoms with Gasteiger partial charge in [0.15, 0.2) is 0 Å². The molecule has 2 aromatic rings. The zero-order valence-corrected chi connectivity index (χ0v) is 11.3. The Morgan fingerprint density at radius 3 is 2.72 bits per heavy atom. The maximum atomic E-state index is 5.41. The van der Waals surface area contributed by atoms with Crippen LogP contribution >= 0.6 is 11.3 Å². The number of hydrogen-bond acceptors (Lipinski definition) is 4. The Labute approximate surface area is 110 Å². The molecule has 3 rings (SSSR count). The van der Waals surface area contributed by atoms with Gasteiger partial charge in [0.05, 0.1) is 24.9 Å². The number of nitrogens with zero attached hydrogens (tertiary/aromatic N) is 1. The van der Waals surface area contributed by atoms with Crippen LogP contribution in [0.3, 0.4) is 0 Å². The molecule has 18 heavy (non-hydrogen) atoms. The van der Waals surface area contributed by atoms with Crippen molar-refractivity contribution in [2.45, 2.75) is 18.8 Å². The molecule has 94 valence electrons. The van der Waals surface area contributed by atoms with Gasteiger partial charge in [0.2, 0.25) is 0 Å². The van der Waals surface area contributed by atoms with Crippen LogP contribution in [0.15, 0.2) is 23.6 Å². The molecule has 3 nitrogen and oxygen atoms in total. The zero-order chi connectivity index (χ0) is 12.5. The van der Waals surface area contributed by atoms with E-state index in [4.69, 9.17) is 14.5 Å². The number of thiazole rings is 1. The first-order valence-electron chi connectivity index (χ1n) is 5.99. The summed E-state index contributed by atoms with van der Waals surface area (Å²) in [5.74, 6) is 2.31.